The molecule has 0 saturated heterocycles. The summed E-state index contributed by atoms with van der Waals surface area (Å²) in [5.74, 6) is -16.0. The summed E-state index contributed by atoms with van der Waals surface area (Å²) in [5, 5.41) is 3.26. The topological polar surface area (TPSA) is 58.5 Å². The van der Waals surface area contributed by atoms with Crippen LogP contribution in [0.15, 0.2) is 29.4 Å². The second-order valence-corrected chi connectivity index (χ2v) is 5.40. The van der Waals surface area contributed by atoms with Crippen molar-refractivity contribution in [3.8, 4) is 0 Å². The van der Waals surface area contributed by atoms with Crippen molar-refractivity contribution in [3.05, 3.63) is 35.4 Å². The van der Waals surface area contributed by atoms with Crippen molar-refractivity contribution < 1.29 is 40.3 Å². The summed E-state index contributed by atoms with van der Waals surface area (Å²) in [6, 6.07) is 6.01. The first-order chi connectivity index (χ1) is 11.7. The molecule has 0 aliphatic heterocycles. The Morgan fingerprint density at radius 2 is 1.50 bits per heavy atom. The number of ketones is 1. The van der Waals surface area contributed by atoms with Gasteiger partial charge in [-0.2, -0.15) is 35.8 Å². The van der Waals surface area contributed by atoms with E-state index in [1.54, 1.807) is 19.1 Å². The van der Waals surface area contributed by atoms with Gasteiger partial charge in [-0.05, 0) is 26.0 Å². The van der Waals surface area contributed by atoms with Crippen molar-refractivity contribution in [2.45, 2.75) is 38.3 Å². The fourth-order valence-corrected chi connectivity index (χ4v) is 1.65. The lowest BCUT2D eigenvalue weighted by molar-refractivity contribution is -0.343. The number of rotatable bonds is 6. The Balaban J connectivity index is 2.81. The fraction of sp³-hybridized carbons (Fsp3) is 0.400. The molecule has 0 atom stereocenters. The van der Waals surface area contributed by atoms with Crippen molar-refractivity contribution in [1.82, 2.24) is 5.43 Å². The molecule has 0 saturated carbocycles. The van der Waals surface area contributed by atoms with E-state index in [0.717, 1.165) is 12.5 Å². The standard InChI is InChI=1S/C15H13F7N2O2/c1-8-3-5-10(6-4-8)12(26)24-23-9(2)7-11(25)13(16,17)14(18,19)15(20,21)22/h3-6H,7H2,1-2H3,(H,24,26)/b23-9+. The molecule has 0 unspecified atom stereocenters. The van der Waals surface area contributed by atoms with Crippen molar-refractivity contribution in [2.24, 2.45) is 5.10 Å². The van der Waals surface area contributed by atoms with Gasteiger partial charge >= 0.3 is 18.0 Å². The van der Waals surface area contributed by atoms with Crippen LogP contribution in [0.2, 0.25) is 0 Å². The number of carbonyl (C=O) groups excluding carboxylic acids is 2. The highest BCUT2D eigenvalue weighted by Crippen LogP contribution is 2.47. The minimum absolute atomic E-state index is 0.132. The SMILES string of the molecule is C/C(CC(=O)C(F)(F)C(F)(F)C(F)(F)F)=N\NC(=O)c1ccc(C)cc1. The average molecular weight is 386 g/mol. The Morgan fingerprint density at radius 1 is 1.00 bits per heavy atom. The highest BCUT2D eigenvalue weighted by molar-refractivity contribution is 6.05. The van der Waals surface area contributed by atoms with E-state index in [4.69, 9.17) is 0 Å². The van der Waals surface area contributed by atoms with E-state index in [0.29, 0.717) is 0 Å². The van der Waals surface area contributed by atoms with Gasteiger partial charge in [0.2, 0.25) is 5.78 Å². The lowest BCUT2D eigenvalue weighted by Crippen LogP contribution is -2.56. The van der Waals surface area contributed by atoms with Gasteiger partial charge < -0.3 is 0 Å². The van der Waals surface area contributed by atoms with Crippen LogP contribution in [0.1, 0.15) is 29.3 Å². The molecule has 0 aromatic heterocycles. The summed E-state index contributed by atoms with van der Waals surface area (Å²) in [4.78, 5) is 22.9. The van der Waals surface area contributed by atoms with E-state index >= 15 is 0 Å². The highest BCUT2D eigenvalue weighted by atomic mass is 19.4. The van der Waals surface area contributed by atoms with Crippen LogP contribution in [0.3, 0.4) is 0 Å². The van der Waals surface area contributed by atoms with Crippen molar-refractivity contribution in [3.63, 3.8) is 0 Å². The van der Waals surface area contributed by atoms with Gasteiger partial charge in [-0.15, -0.1) is 0 Å². The van der Waals surface area contributed by atoms with E-state index in [2.05, 4.69) is 5.10 Å². The minimum Gasteiger partial charge on any atom is -0.292 e. The van der Waals surface area contributed by atoms with Crippen LogP contribution in [0.4, 0.5) is 30.7 Å². The fourth-order valence-electron chi connectivity index (χ4n) is 1.65. The van der Waals surface area contributed by atoms with Crippen molar-refractivity contribution in [2.75, 3.05) is 0 Å². The number of alkyl halides is 7. The molecule has 11 heteroatoms. The zero-order valence-corrected chi connectivity index (χ0v) is 13.4. The smallest absolute Gasteiger partial charge is 0.292 e. The number of benzene rings is 1. The number of hydrogen-bond donors (Lipinski definition) is 1. The molecule has 0 heterocycles. The molecule has 0 fully saturated rings. The molecule has 4 nitrogen and oxygen atoms in total. The van der Waals surface area contributed by atoms with Crippen LogP contribution in [0.25, 0.3) is 0 Å². The monoisotopic (exact) mass is 386 g/mol. The Kier molecular flexibility index (Phi) is 6.16. The molecule has 1 amide bonds. The van der Waals surface area contributed by atoms with E-state index in [1.807, 2.05) is 5.43 Å². The van der Waals surface area contributed by atoms with Crippen LogP contribution in [0.5, 0.6) is 0 Å². The molecule has 0 spiro atoms. The molecule has 26 heavy (non-hydrogen) atoms. The Labute approximate surface area is 143 Å². The molecule has 1 aromatic rings. The molecule has 0 radical (unpaired) electrons. The van der Waals surface area contributed by atoms with Gasteiger partial charge in [0.15, 0.2) is 0 Å². The second-order valence-electron chi connectivity index (χ2n) is 5.40. The van der Waals surface area contributed by atoms with Crippen LogP contribution in [-0.2, 0) is 4.79 Å². The number of halogens is 7. The summed E-state index contributed by atoms with van der Waals surface area (Å²) < 4.78 is 88.0. The number of nitrogens with zero attached hydrogens (tertiary/aromatic N) is 1. The largest absolute Gasteiger partial charge is 0.460 e. The second kappa shape index (κ2) is 7.42. The van der Waals surface area contributed by atoms with Crippen LogP contribution < -0.4 is 5.43 Å². The van der Waals surface area contributed by atoms with Gasteiger partial charge in [-0.1, -0.05) is 17.7 Å². The van der Waals surface area contributed by atoms with Gasteiger partial charge in [-0.25, -0.2) is 5.43 Å². The average Bonchev–Trinajstić information content (AvgIpc) is 2.51. The van der Waals surface area contributed by atoms with Gasteiger partial charge in [0.05, 0.1) is 6.42 Å². The van der Waals surface area contributed by atoms with Crippen molar-refractivity contribution in [1.29, 1.82) is 0 Å². The molecule has 1 aromatic carbocycles. The third-order valence-corrected chi connectivity index (χ3v) is 3.18. The molecule has 1 rings (SSSR count). The van der Waals surface area contributed by atoms with Crippen molar-refractivity contribution >= 4 is 17.4 Å². The predicted molar refractivity (Wildman–Crippen MR) is 77.3 cm³/mol. The van der Waals surface area contributed by atoms with Gasteiger partial charge in [-0.3, -0.25) is 9.59 Å². The van der Waals surface area contributed by atoms with E-state index in [-0.39, 0.29) is 5.56 Å². The summed E-state index contributed by atoms with van der Waals surface area (Å²) in [6.07, 6.45) is -8.11. The number of Topliss-reactive ketones (excluding diaryl/α,β-unsaturated/α-hetero) is 1. The summed E-state index contributed by atoms with van der Waals surface area (Å²) >= 11 is 0. The van der Waals surface area contributed by atoms with E-state index in [1.165, 1.54) is 12.1 Å². The molecular formula is C15H13F7N2O2. The Bertz CT molecular complexity index is 710. The van der Waals surface area contributed by atoms with Crippen LogP contribution >= 0.6 is 0 Å². The number of nitrogens with one attached hydrogen (secondary N) is 1. The third kappa shape index (κ3) is 4.58. The van der Waals surface area contributed by atoms with E-state index in [9.17, 15) is 40.3 Å². The summed E-state index contributed by atoms with van der Waals surface area (Å²) in [7, 11) is 0. The lowest BCUT2D eigenvalue weighted by Gasteiger charge is -2.26. The first kappa shape index (κ1) is 21.6. The molecule has 0 bridgehead atoms. The highest BCUT2D eigenvalue weighted by Gasteiger charge is 2.75. The number of hydrogen-bond acceptors (Lipinski definition) is 3. The van der Waals surface area contributed by atoms with Crippen LogP contribution in [-0.4, -0.2) is 35.4 Å². The normalized spacial score (nSPS) is 13.5. The molecule has 144 valence electrons. The maximum atomic E-state index is 13.2. The van der Waals surface area contributed by atoms with Gasteiger partial charge in [0.1, 0.15) is 0 Å². The Hall–Kier alpha value is -2.46. The van der Waals surface area contributed by atoms with Gasteiger partial charge in [0.25, 0.3) is 5.91 Å². The zero-order valence-electron chi connectivity index (χ0n) is 13.4. The van der Waals surface area contributed by atoms with Crippen LogP contribution in [0, 0.1) is 6.92 Å². The summed E-state index contributed by atoms with van der Waals surface area (Å²) in [5.41, 5.74) is 2.29. The zero-order chi connectivity index (χ0) is 20.3. The first-order valence-electron chi connectivity index (χ1n) is 6.96. The number of hydrazone groups is 1. The third-order valence-electron chi connectivity index (χ3n) is 3.18. The first-order valence-corrected chi connectivity index (χ1v) is 6.96. The number of aryl methyl sites for hydroxylation is 1. The molecular weight excluding hydrogens is 373 g/mol. The Morgan fingerprint density at radius 3 is 1.96 bits per heavy atom. The minimum atomic E-state index is -6.60. The summed E-state index contributed by atoms with van der Waals surface area (Å²) in [6.45, 7) is 2.67. The van der Waals surface area contributed by atoms with Gasteiger partial charge in [0, 0.05) is 11.3 Å². The van der Waals surface area contributed by atoms with E-state index < -0.39 is 41.8 Å². The maximum Gasteiger partial charge on any atom is 0.460 e. The molecule has 0 aliphatic carbocycles. The predicted octanol–water partition coefficient (Wildman–Crippen LogP) is 3.89. The quantitative estimate of drug-likeness (QED) is 0.458. The lowest BCUT2D eigenvalue weighted by atomic mass is 10.0. The molecule has 1 N–H and O–H groups in total. The molecule has 0 aliphatic rings. The maximum absolute atomic E-state index is 13.2. The number of amides is 1. The number of carbonyl (C=O) groups is 2.